The van der Waals surface area contributed by atoms with Gasteiger partial charge in [-0.3, -0.25) is 4.98 Å². The first-order valence-electron chi connectivity index (χ1n) is 10.7. The van der Waals surface area contributed by atoms with Crippen LogP contribution < -0.4 is 0 Å². The van der Waals surface area contributed by atoms with Crippen LogP contribution >= 0.6 is 0 Å². The minimum atomic E-state index is -0.819. The molecule has 1 aliphatic heterocycles. The van der Waals surface area contributed by atoms with Gasteiger partial charge in [0.1, 0.15) is 12.2 Å². The van der Waals surface area contributed by atoms with Crippen molar-refractivity contribution in [2.75, 3.05) is 13.7 Å². The highest BCUT2D eigenvalue weighted by Crippen LogP contribution is 2.31. The molecule has 34 heavy (non-hydrogen) atoms. The van der Waals surface area contributed by atoms with E-state index >= 15 is 0 Å². The Labute approximate surface area is 196 Å². The molecule has 2 heterocycles. The molecular weight excluding hydrogens is 438 g/mol. The van der Waals surface area contributed by atoms with Crippen LogP contribution in [0.15, 0.2) is 79.0 Å². The summed E-state index contributed by atoms with van der Waals surface area (Å²) in [4.78, 5) is 41.6. The molecule has 3 aromatic rings. The number of benzene rings is 2. The highest BCUT2D eigenvalue weighted by molar-refractivity contribution is 5.90. The molecule has 1 saturated heterocycles. The molecule has 0 amide bonds. The number of aromatic nitrogens is 1. The first kappa shape index (κ1) is 23.1. The topological polar surface area (TPSA) is 101 Å². The number of pyridine rings is 1. The highest BCUT2D eigenvalue weighted by Gasteiger charge is 2.38. The minimum Gasteiger partial charge on any atom is -0.465 e. The summed E-state index contributed by atoms with van der Waals surface area (Å²) in [6, 6.07) is 20.2. The van der Waals surface area contributed by atoms with Gasteiger partial charge in [-0.15, -0.1) is 0 Å². The lowest BCUT2D eigenvalue weighted by Gasteiger charge is -2.35. The average Bonchev–Trinajstić information content (AvgIpc) is 2.90. The van der Waals surface area contributed by atoms with Gasteiger partial charge in [-0.25, -0.2) is 14.4 Å². The summed E-state index contributed by atoms with van der Waals surface area (Å²) in [6.07, 6.45) is -0.520. The maximum Gasteiger partial charge on any atom is 0.338 e. The van der Waals surface area contributed by atoms with Crippen LogP contribution in [0.1, 0.15) is 49.3 Å². The Bertz CT molecular complexity index is 1150. The summed E-state index contributed by atoms with van der Waals surface area (Å²) in [5.41, 5.74) is 1.57. The van der Waals surface area contributed by atoms with Crippen LogP contribution in [0.2, 0.25) is 0 Å². The largest absolute Gasteiger partial charge is 0.465 e. The number of carbonyl (C=O) groups excluding carboxylic acids is 3. The van der Waals surface area contributed by atoms with Crippen LogP contribution in [0.4, 0.5) is 0 Å². The van der Waals surface area contributed by atoms with Crippen molar-refractivity contribution in [3.05, 3.63) is 101 Å². The Morgan fingerprint density at radius 1 is 0.794 bits per heavy atom. The van der Waals surface area contributed by atoms with Crippen molar-refractivity contribution in [3.63, 3.8) is 0 Å². The molecule has 0 unspecified atom stereocenters. The molecule has 4 rings (SSSR count). The van der Waals surface area contributed by atoms with Gasteiger partial charge >= 0.3 is 17.9 Å². The normalized spacial score (nSPS) is 19.6. The van der Waals surface area contributed by atoms with E-state index < -0.39 is 36.2 Å². The lowest BCUT2D eigenvalue weighted by atomic mass is 9.99. The summed E-state index contributed by atoms with van der Waals surface area (Å²) in [5, 5.41) is 0. The molecule has 0 saturated carbocycles. The molecule has 0 bridgehead atoms. The summed E-state index contributed by atoms with van der Waals surface area (Å²) in [5.74, 6) is -1.58. The van der Waals surface area contributed by atoms with Gasteiger partial charge in [0.15, 0.2) is 6.10 Å². The molecule has 8 heteroatoms. The predicted molar refractivity (Wildman–Crippen MR) is 120 cm³/mol. The van der Waals surface area contributed by atoms with Crippen molar-refractivity contribution in [2.45, 2.75) is 24.7 Å². The van der Waals surface area contributed by atoms with E-state index in [-0.39, 0.29) is 13.0 Å². The van der Waals surface area contributed by atoms with E-state index in [1.165, 1.54) is 19.4 Å². The fraction of sp³-hybridized carbons (Fsp3) is 0.231. The van der Waals surface area contributed by atoms with Crippen molar-refractivity contribution in [2.24, 2.45) is 0 Å². The fourth-order valence-corrected chi connectivity index (χ4v) is 3.62. The van der Waals surface area contributed by atoms with E-state index in [4.69, 9.17) is 18.9 Å². The van der Waals surface area contributed by atoms with Crippen LogP contribution in [0.25, 0.3) is 0 Å². The summed E-state index contributed by atoms with van der Waals surface area (Å²) >= 11 is 0. The fourth-order valence-electron chi connectivity index (χ4n) is 3.62. The molecule has 0 N–H and O–H groups in total. The third kappa shape index (κ3) is 5.47. The Balaban J connectivity index is 1.54. The molecular formula is C26H23NO7. The standard InChI is InChI=1S/C26H23NO7/c1-31-24(28)19-12-13-27-20(14-19)21-15-22(33-25(29)17-8-4-2-5-9-17)23(16-32-21)34-26(30)18-10-6-3-7-11-18/h2-14,21-23H,15-16H2,1H3/t21-,22+,23-/m1/s1. The Kier molecular flexibility index (Phi) is 7.29. The second-order valence-electron chi connectivity index (χ2n) is 7.64. The Hall–Kier alpha value is -4.04. The molecule has 0 radical (unpaired) electrons. The summed E-state index contributed by atoms with van der Waals surface area (Å²) in [6.45, 7) is -0.0138. The first-order valence-corrected chi connectivity index (χ1v) is 10.7. The third-order valence-electron chi connectivity index (χ3n) is 5.39. The molecule has 0 aliphatic carbocycles. The predicted octanol–water partition coefficient (Wildman–Crippen LogP) is 3.78. The van der Waals surface area contributed by atoms with E-state index in [0.717, 1.165) is 0 Å². The lowest BCUT2D eigenvalue weighted by molar-refractivity contribution is -0.131. The molecule has 8 nitrogen and oxygen atoms in total. The van der Waals surface area contributed by atoms with Crippen LogP contribution in [-0.2, 0) is 18.9 Å². The van der Waals surface area contributed by atoms with Crippen LogP contribution in [-0.4, -0.2) is 48.8 Å². The van der Waals surface area contributed by atoms with Gasteiger partial charge in [-0.1, -0.05) is 36.4 Å². The van der Waals surface area contributed by atoms with Crippen LogP contribution in [0, 0.1) is 0 Å². The van der Waals surface area contributed by atoms with Gasteiger partial charge < -0.3 is 18.9 Å². The van der Waals surface area contributed by atoms with E-state index in [1.54, 1.807) is 66.7 Å². The number of hydrogen-bond acceptors (Lipinski definition) is 8. The second kappa shape index (κ2) is 10.7. The quantitative estimate of drug-likeness (QED) is 0.404. The molecule has 0 spiro atoms. The minimum absolute atomic E-state index is 0.0138. The molecule has 2 aromatic carbocycles. The number of nitrogens with zero attached hydrogens (tertiary/aromatic N) is 1. The highest BCUT2D eigenvalue weighted by atomic mass is 16.6. The number of hydrogen-bond donors (Lipinski definition) is 0. The Morgan fingerprint density at radius 3 is 1.97 bits per heavy atom. The van der Waals surface area contributed by atoms with Gasteiger partial charge in [-0.05, 0) is 36.4 Å². The first-order chi connectivity index (χ1) is 16.5. The van der Waals surface area contributed by atoms with Gasteiger partial charge in [0.25, 0.3) is 0 Å². The summed E-state index contributed by atoms with van der Waals surface area (Å²) < 4.78 is 22.1. The number of carbonyl (C=O) groups is 3. The smallest absolute Gasteiger partial charge is 0.338 e. The molecule has 174 valence electrons. The number of esters is 3. The van der Waals surface area contributed by atoms with Gasteiger partial charge in [0, 0.05) is 12.6 Å². The zero-order valence-corrected chi connectivity index (χ0v) is 18.5. The van der Waals surface area contributed by atoms with Crippen molar-refractivity contribution in [1.82, 2.24) is 4.98 Å². The van der Waals surface area contributed by atoms with E-state index in [0.29, 0.717) is 22.4 Å². The van der Waals surface area contributed by atoms with Crippen LogP contribution in [0.3, 0.4) is 0 Å². The molecule has 3 atom stereocenters. The third-order valence-corrected chi connectivity index (χ3v) is 5.39. The van der Waals surface area contributed by atoms with Gasteiger partial charge in [0.2, 0.25) is 0 Å². The average molecular weight is 461 g/mol. The van der Waals surface area contributed by atoms with Crippen molar-refractivity contribution in [1.29, 1.82) is 0 Å². The number of ether oxygens (including phenoxy) is 4. The lowest BCUT2D eigenvalue weighted by Crippen LogP contribution is -2.44. The summed E-state index contributed by atoms with van der Waals surface area (Å²) in [7, 11) is 1.30. The second-order valence-corrected chi connectivity index (χ2v) is 7.64. The maximum absolute atomic E-state index is 12.8. The van der Waals surface area contributed by atoms with Crippen molar-refractivity contribution < 1.29 is 33.3 Å². The zero-order chi connectivity index (χ0) is 23.9. The van der Waals surface area contributed by atoms with E-state index in [1.807, 2.05) is 0 Å². The molecule has 1 aromatic heterocycles. The SMILES string of the molecule is COC(=O)c1ccnc([C@H]2C[C@H](OC(=O)c3ccccc3)[C@H](OC(=O)c3ccccc3)CO2)c1. The van der Waals surface area contributed by atoms with Crippen LogP contribution in [0.5, 0.6) is 0 Å². The zero-order valence-electron chi connectivity index (χ0n) is 18.5. The Morgan fingerprint density at radius 2 is 1.38 bits per heavy atom. The van der Waals surface area contributed by atoms with E-state index in [2.05, 4.69) is 4.98 Å². The number of rotatable bonds is 6. The van der Waals surface area contributed by atoms with Crippen molar-refractivity contribution >= 4 is 17.9 Å². The van der Waals surface area contributed by atoms with Gasteiger partial charge in [0.05, 0.1) is 36.1 Å². The monoisotopic (exact) mass is 461 g/mol. The van der Waals surface area contributed by atoms with Gasteiger partial charge in [-0.2, -0.15) is 0 Å². The number of methoxy groups -OCH3 is 1. The van der Waals surface area contributed by atoms with Crippen molar-refractivity contribution in [3.8, 4) is 0 Å². The van der Waals surface area contributed by atoms with E-state index in [9.17, 15) is 14.4 Å². The molecule has 1 aliphatic rings. The maximum atomic E-state index is 12.8. The molecule has 1 fully saturated rings.